The fourth-order valence-corrected chi connectivity index (χ4v) is 0. The number of rotatable bonds is 1. The molecular formula is C10H24LaN2O8. The molecule has 10 nitrogen and oxygen atoms in total. The van der Waals surface area contributed by atoms with Crippen LogP contribution in [0, 0.1) is 35.6 Å². The van der Waals surface area contributed by atoms with Crippen LogP contribution >= 0.6 is 0 Å². The van der Waals surface area contributed by atoms with Crippen LogP contribution in [0.5, 0.6) is 0 Å². The topological polar surface area (TPSA) is 201 Å². The van der Waals surface area contributed by atoms with Crippen LogP contribution in [0.25, 0.3) is 0 Å². The summed E-state index contributed by atoms with van der Waals surface area (Å²) in [6, 6.07) is 0. The Hall–Kier alpha value is -1.01. The van der Waals surface area contributed by atoms with E-state index in [9.17, 15) is 0 Å². The van der Waals surface area contributed by atoms with Gasteiger partial charge in [0.2, 0.25) is 0 Å². The number of aliphatic carboxylic acids is 4. The molecule has 0 amide bonds. The van der Waals surface area contributed by atoms with Crippen molar-refractivity contribution < 1.29 is 75.2 Å². The summed E-state index contributed by atoms with van der Waals surface area (Å²) in [6.45, 7) is 5.53. The summed E-state index contributed by atoms with van der Waals surface area (Å²) in [5.74, 6) is -3.33. The normalized spacial score (nSPS) is 6.19. The van der Waals surface area contributed by atoms with Crippen LogP contribution in [0.4, 0.5) is 0 Å². The SMILES string of the molecule is CC(=O)O.CC(=O)O.CC(=O)O.CC(=O)O.NCCN.[La]. The van der Waals surface area contributed by atoms with Gasteiger partial charge in [-0.1, -0.05) is 0 Å². The van der Waals surface area contributed by atoms with Gasteiger partial charge in [-0.15, -0.1) is 0 Å². The molecule has 8 N–H and O–H groups in total. The van der Waals surface area contributed by atoms with Crippen molar-refractivity contribution in [3.63, 3.8) is 0 Å². The largest absolute Gasteiger partial charge is 0.481 e. The maximum absolute atomic E-state index is 9.00. The molecule has 11 heteroatoms. The Labute approximate surface area is 151 Å². The Morgan fingerprint density at radius 1 is 0.619 bits per heavy atom. The summed E-state index contributed by atoms with van der Waals surface area (Å²) in [7, 11) is 0. The molecule has 0 unspecified atom stereocenters. The number of carboxylic acids is 4. The van der Waals surface area contributed by atoms with Gasteiger partial charge < -0.3 is 31.9 Å². The minimum atomic E-state index is -0.833. The van der Waals surface area contributed by atoms with Crippen LogP contribution in [-0.2, 0) is 19.2 Å². The van der Waals surface area contributed by atoms with Crippen molar-refractivity contribution in [2.45, 2.75) is 27.7 Å². The molecule has 0 aromatic carbocycles. The molecule has 0 bridgehead atoms. The summed E-state index contributed by atoms with van der Waals surface area (Å²) in [4.78, 5) is 36.0. The standard InChI is InChI=1S/C2H8N2.4C2H4O2.La/c3-1-2-4;4*1-2(3)4;/h1-4H2;4*1H3,(H,3,4);. The number of carbonyl (C=O) groups is 4. The van der Waals surface area contributed by atoms with E-state index in [1.807, 2.05) is 0 Å². The maximum Gasteiger partial charge on any atom is 0.300 e. The van der Waals surface area contributed by atoms with Gasteiger partial charge in [-0.05, 0) is 0 Å². The molecule has 0 aliphatic carbocycles. The molecule has 125 valence electrons. The molecule has 0 saturated carbocycles. The smallest absolute Gasteiger partial charge is 0.300 e. The van der Waals surface area contributed by atoms with E-state index in [1.54, 1.807) is 0 Å². The minimum absolute atomic E-state index is 0. The first-order valence-corrected chi connectivity index (χ1v) is 5.03. The number of hydrogen-bond donors (Lipinski definition) is 6. The van der Waals surface area contributed by atoms with Crippen LogP contribution in [0.1, 0.15) is 27.7 Å². The molecule has 0 heterocycles. The minimum Gasteiger partial charge on any atom is -0.481 e. The van der Waals surface area contributed by atoms with E-state index < -0.39 is 23.9 Å². The predicted octanol–water partition coefficient (Wildman–Crippen LogP) is -0.733. The molecule has 0 atom stereocenters. The molecule has 21 heavy (non-hydrogen) atoms. The zero-order valence-electron chi connectivity index (χ0n) is 12.6. The fraction of sp³-hybridized carbons (Fsp3) is 0.600. The molecule has 0 aromatic rings. The van der Waals surface area contributed by atoms with Crippen molar-refractivity contribution in [3.05, 3.63) is 0 Å². The summed E-state index contributed by atoms with van der Waals surface area (Å²) in [5.41, 5.74) is 9.81. The second kappa shape index (κ2) is 36.4. The second-order valence-electron chi connectivity index (χ2n) is 2.65. The van der Waals surface area contributed by atoms with Crippen molar-refractivity contribution >= 4 is 23.9 Å². The van der Waals surface area contributed by atoms with E-state index >= 15 is 0 Å². The van der Waals surface area contributed by atoms with Crippen molar-refractivity contribution in [2.24, 2.45) is 11.5 Å². The van der Waals surface area contributed by atoms with Gasteiger partial charge in [0.1, 0.15) is 0 Å². The van der Waals surface area contributed by atoms with Gasteiger partial charge >= 0.3 is 0 Å². The third-order valence-electron chi connectivity index (χ3n) is 0.167. The van der Waals surface area contributed by atoms with Crippen molar-refractivity contribution in [1.82, 2.24) is 0 Å². The van der Waals surface area contributed by atoms with Gasteiger partial charge in [0.25, 0.3) is 23.9 Å². The summed E-state index contributed by atoms with van der Waals surface area (Å²) in [6.07, 6.45) is 0. The van der Waals surface area contributed by atoms with Gasteiger partial charge in [0.05, 0.1) is 0 Å². The average Bonchev–Trinajstić information content (AvgIpc) is 2.13. The Bertz CT molecular complexity index is 195. The quantitative estimate of drug-likeness (QED) is 0.302. The van der Waals surface area contributed by atoms with E-state index in [-0.39, 0.29) is 35.6 Å². The summed E-state index contributed by atoms with van der Waals surface area (Å²) >= 11 is 0. The third kappa shape index (κ3) is 203000000. The van der Waals surface area contributed by atoms with Crippen molar-refractivity contribution in [1.29, 1.82) is 0 Å². The number of hydrogen-bond acceptors (Lipinski definition) is 6. The van der Waals surface area contributed by atoms with E-state index in [0.29, 0.717) is 13.1 Å². The monoisotopic (exact) mass is 439 g/mol. The van der Waals surface area contributed by atoms with Gasteiger partial charge in [-0.25, -0.2) is 0 Å². The summed E-state index contributed by atoms with van der Waals surface area (Å²) < 4.78 is 0. The van der Waals surface area contributed by atoms with Crippen LogP contribution in [0.3, 0.4) is 0 Å². The van der Waals surface area contributed by atoms with E-state index in [1.165, 1.54) is 0 Å². The van der Waals surface area contributed by atoms with E-state index in [2.05, 4.69) is 0 Å². The summed E-state index contributed by atoms with van der Waals surface area (Å²) in [5, 5.41) is 29.7. The molecule has 0 rings (SSSR count). The first-order chi connectivity index (χ1) is 8.84. The molecule has 0 saturated heterocycles. The molecule has 1 radical (unpaired) electrons. The van der Waals surface area contributed by atoms with Gasteiger partial charge in [0, 0.05) is 76.4 Å². The Kier molecular flexibility index (Phi) is 63.9. The predicted molar refractivity (Wildman–Crippen MR) is 71.3 cm³/mol. The first-order valence-electron chi connectivity index (χ1n) is 5.03. The van der Waals surface area contributed by atoms with Gasteiger partial charge in [-0.3, -0.25) is 19.2 Å². The first kappa shape index (κ1) is 36.8. The average molecular weight is 439 g/mol. The number of carboxylic acid groups (broad SMARTS) is 4. The van der Waals surface area contributed by atoms with E-state index in [4.69, 9.17) is 51.1 Å². The van der Waals surface area contributed by atoms with Crippen LogP contribution in [0.2, 0.25) is 0 Å². The molecule has 0 fully saturated rings. The Morgan fingerprint density at radius 2 is 0.667 bits per heavy atom. The molecule has 0 aliphatic heterocycles. The number of nitrogens with two attached hydrogens (primary N) is 2. The van der Waals surface area contributed by atoms with Crippen LogP contribution < -0.4 is 11.5 Å². The maximum atomic E-state index is 9.00. The second-order valence-corrected chi connectivity index (χ2v) is 2.65. The van der Waals surface area contributed by atoms with Gasteiger partial charge in [0.15, 0.2) is 0 Å². The van der Waals surface area contributed by atoms with Crippen LogP contribution in [0.15, 0.2) is 0 Å². The fourth-order valence-electron chi connectivity index (χ4n) is 0. The molecule has 0 aromatic heterocycles. The Morgan fingerprint density at radius 3 is 0.667 bits per heavy atom. The van der Waals surface area contributed by atoms with Crippen molar-refractivity contribution in [3.8, 4) is 0 Å². The molecule has 0 aliphatic rings. The van der Waals surface area contributed by atoms with E-state index in [0.717, 1.165) is 27.7 Å². The van der Waals surface area contributed by atoms with Crippen molar-refractivity contribution in [2.75, 3.05) is 13.1 Å². The zero-order valence-corrected chi connectivity index (χ0v) is 16.2. The zero-order chi connectivity index (χ0) is 17.7. The van der Waals surface area contributed by atoms with Crippen LogP contribution in [-0.4, -0.2) is 57.4 Å². The third-order valence-corrected chi connectivity index (χ3v) is 0.167. The molecule has 0 spiro atoms. The Balaban J connectivity index is -0.0000000331. The van der Waals surface area contributed by atoms with Gasteiger partial charge in [-0.2, -0.15) is 0 Å². The molecular weight excluding hydrogens is 415 g/mol.